The molecule has 1 N–H and O–H groups in total. The summed E-state index contributed by atoms with van der Waals surface area (Å²) in [4.78, 5) is 0. The molecule has 0 fully saturated rings. The van der Waals surface area contributed by atoms with Gasteiger partial charge >= 0.3 is 80.9 Å². The molecular formula is C4H12KNaO. The molecule has 0 spiro atoms. The zero-order valence-electron chi connectivity index (χ0n) is 3.57. The van der Waals surface area contributed by atoms with E-state index >= 15 is 0 Å². The van der Waals surface area contributed by atoms with Crippen LogP contribution in [0.4, 0.5) is 0 Å². The molecule has 0 bridgehead atoms. The summed E-state index contributed by atoms with van der Waals surface area (Å²) < 4.78 is 0. The fourth-order valence-electron chi connectivity index (χ4n) is 0.158. The van der Waals surface area contributed by atoms with Crippen LogP contribution in [0.3, 0.4) is 0 Å². The van der Waals surface area contributed by atoms with Crippen LogP contribution in [-0.2, 0) is 0 Å². The van der Waals surface area contributed by atoms with Crippen molar-refractivity contribution < 1.29 is 5.11 Å². The molecule has 0 aliphatic heterocycles. The Morgan fingerprint density at radius 2 is 1.86 bits per heavy atom. The van der Waals surface area contributed by atoms with Gasteiger partial charge in [0.15, 0.2) is 0 Å². The van der Waals surface area contributed by atoms with Gasteiger partial charge in [0.1, 0.15) is 0 Å². The van der Waals surface area contributed by atoms with Crippen molar-refractivity contribution in [2.45, 2.75) is 19.8 Å². The summed E-state index contributed by atoms with van der Waals surface area (Å²) in [5, 5.41) is 8.07. The molecule has 0 radical (unpaired) electrons. The van der Waals surface area contributed by atoms with Crippen molar-refractivity contribution in [3.05, 3.63) is 0 Å². The third kappa shape index (κ3) is 17.7. The second-order valence-corrected chi connectivity index (χ2v) is 1.08. The molecule has 0 rings (SSSR count). The first-order valence-corrected chi connectivity index (χ1v) is 2.02. The molecule has 0 atom stereocenters. The standard InChI is InChI=1S/C4H10O.K.Na.2H/c1-2-3-4-5;;;;/h5H,2-4H2,1H3;;;;. The van der Waals surface area contributed by atoms with E-state index in [0.29, 0.717) is 6.61 Å². The van der Waals surface area contributed by atoms with Gasteiger partial charge in [0.2, 0.25) is 0 Å². The molecular weight excluding hydrogens is 126 g/mol. The monoisotopic (exact) mass is 138 g/mol. The molecule has 0 aromatic rings. The minimum absolute atomic E-state index is 0. The van der Waals surface area contributed by atoms with Crippen LogP contribution >= 0.6 is 0 Å². The summed E-state index contributed by atoms with van der Waals surface area (Å²) in [5.41, 5.74) is 0. The molecule has 3 heteroatoms. The molecule has 7 heavy (non-hydrogen) atoms. The molecule has 0 heterocycles. The number of unbranched alkanes of at least 4 members (excludes halogenated alkanes) is 1. The van der Waals surface area contributed by atoms with E-state index in [0.717, 1.165) is 12.8 Å². The Labute approximate surface area is 110 Å². The summed E-state index contributed by atoms with van der Waals surface area (Å²) in [7, 11) is 0. The van der Waals surface area contributed by atoms with Gasteiger partial charge in [0, 0.05) is 6.61 Å². The molecule has 0 aromatic heterocycles. The summed E-state index contributed by atoms with van der Waals surface area (Å²) >= 11 is 0. The zero-order valence-corrected chi connectivity index (χ0v) is 3.57. The van der Waals surface area contributed by atoms with Gasteiger partial charge in [-0.1, -0.05) is 13.3 Å². The van der Waals surface area contributed by atoms with E-state index in [9.17, 15) is 0 Å². The quantitative estimate of drug-likeness (QED) is 0.509. The van der Waals surface area contributed by atoms with E-state index in [1.54, 1.807) is 0 Å². The van der Waals surface area contributed by atoms with Gasteiger partial charge in [0.05, 0.1) is 0 Å². The predicted octanol–water partition coefficient (Wildman–Crippen LogP) is -0.518. The molecule has 0 aliphatic rings. The molecule has 0 saturated carbocycles. The average molecular weight is 138 g/mol. The van der Waals surface area contributed by atoms with E-state index in [1.165, 1.54) is 0 Å². The minimum atomic E-state index is 0. The van der Waals surface area contributed by atoms with E-state index in [2.05, 4.69) is 6.92 Å². The first kappa shape index (κ1) is 16.3. The third-order valence-electron chi connectivity index (χ3n) is 0.512. The van der Waals surface area contributed by atoms with E-state index in [1.807, 2.05) is 0 Å². The van der Waals surface area contributed by atoms with Crippen LogP contribution in [0.25, 0.3) is 0 Å². The van der Waals surface area contributed by atoms with Crippen LogP contribution in [0.15, 0.2) is 0 Å². The molecule has 36 valence electrons. The number of aliphatic hydroxyl groups excluding tert-OH is 1. The van der Waals surface area contributed by atoms with Crippen LogP contribution in [0.5, 0.6) is 0 Å². The van der Waals surface area contributed by atoms with Crippen LogP contribution in [0.1, 0.15) is 19.8 Å². The number of hydrogen-bond donors (Lipinski definition) is 1. The molecule has 0 unspecified atom stereocenters. The van der Waals surface area contributed by atoms with Crippen LogP contribution < -0.4 is 0 Å². The van der Waals surface area contributed by atoms with Crippen molar-refractivity contribution in [3.63, 3.8) is 0 Å². The Morgan fingerprint density at radius 3 is 1.86 bits per heavy atom. The third-order valence-corrected chi connectivity index (χ3v) is 0.512. The van der Waals surface area contributed by atoms with E-state index in [-0.39, 0.29) is 80.9 Å². The average Bonchev–Trinajstić information content (AvgIpc) is 1.41. The Bertz CT molecular complexity index is 19.2. The van der Waals surface area contributed by atoms with Crippen molar-refractivity contribution in [1.82, 2.24) is 0 Å². The first-order chi connectivity index (χ1) is 2.41. The van der Waals surface area contributed by atoms with E-state index < -0.39 is 0 Å². The van der Waals surface area contributed by atoms with Gasteiger partial charge in [0.25, 0.3) is 0 Å². The molecule has 0 saturated heterocycles. The van der Waals surface area contributed by atoms with Crippen LogP contribution in [0.2, 0.25) is 0 Å². The van der Waals surface area contributed by atoms with Crippen molar-refractivity contribution in [1.29, 1.82) is 0 Å². The second kappa shape index (κ2) is 15.8. The summed E-state index contributed by atoms with van der Waals surface area (Å²) in [6.07, 6.45) is 2.04. The fraction of sp³-hybridized carbons (Fsp3) is 1.00. The first-order valence-electron chi connectivity index (χ1n) is 2.02. The molecule has 0 amide bonds. The summed E-state index contributed by atoms with van der Waals surface area (Å²) in [5.74, 6) is 0. The Hall–Kier alpha value is 2.60. The maximum absolute atomic E-state index is 8.07. The van der Waals surface area contributed by atoms with Crippen molar-refractivity contribution in [2.75, 3.05) is 6.61 Å². The number of rotatable bonds is 2. The topological polar surface area (TPSA) is 20.2 Å². The zero-order chi connectivity index (χ0) is 4.12. The Balaban J connectivity index is -0.0000000800. The van der Waals surface area contributed by atoms with Crippen molar-refractivity contribution >= 4 is 80.9 Å². The van der Waals surface area contributed by atoms with Gasteiger partial charge < -0.3 is 5.11 Å². The summed E-state index contributed by atoms with van der Waals surface area (Å²) in [6, 6.07) is 0. The van der Waals surface area contributed by atoms with Crippen LogP contribution in [-0.4, -0.2) is 92.7 Å². The summed E-state index contributed by atoms with van der Waals surface area (Å²) in [6.45, 7) is 2.40. The Kier molecular flexibility index (Phi) is 36.9. The fourth-order valence-corrected chi connectivity index (χ4v) is 0.158. The van der Waals surface area contributed by atoms with Gasteiger partial charge in [-0.3, -0.25) is 0 Å². The number of hydrogen-bond acceptors (Lipinski definition) is 1. The Morgan fingerprint density at radius 1 is 1.43 bits per heavy atom. The van der Waals surface area contributed by atoms with Crippen molar-refractivity contribution in [2.24, 2.45) is 0 Å². The SMILES string of the molecule is CCCCO.[KH].[NaH]. The van der Waals surface area contributed by atoms with Crippen LogP contribution in [0, 0.1) is 0 Å². The van der Waals surface area contributed by atoms with Gasteiger partial charge in [-0.15, -0.1) is 0 Å². The van der Waals surface area contributed by atoms with E-state index in [4.69, 9.17) is 5.11 Å². The molecule has 0 aliphatic carbocycles. The normalized spacial score (nSPS) is 6.00. The predicted molar refractivity (Wildman–Crippen MR) is 36.3 cm³/mol. The van der Waals surface area contributed by atoms with Gasteiger partial charge in [-0.05, 0) is 6.42 Å². The molecule has 1 nitrogen and oxygen atoms in total. The number of aliphatic hydroxyl groups is 1. The molecule has 0 aromatic carbocycles. The van der Waals surface area contributed by atoms with Crippen molar-refractivity contribution in [3.8, 4) is 0 Å². The van der Waals surface area contributed by atoms with Gasteiger partial charge in [-0.2, -0.15) is 0 Å². The maximum atomic E-state index is 8.07. The second-order valence-electron chi connectivity index (χ2n) is 1.08. The van der Waals surface area contributed by atoms with Gasteiger partial charge in [-0.25, -0.2) is 0 Å².